The minimum absolute atomic E-state index is 0.0891. The Morgan fingerprint density at radius 2 is 1.89 bits per heavy atom. The zero-order valence-corrected chi connectivity index (χ0v) is 9.94. The van der Waals surface area contributed by atoms with Crippen LogP contribution in [0.4, 0.5) is 13.2 Å². The van der Waals surface area contributed by atoms with Gasteiger partial charge in [0.15, 0.2) is 0 Å². The van der Waals surface area contributed by atoms with Crippen molar-refractivity contribution in [3.8, 4) is 0 Å². The lowest BCUT2D eigenvalue weighted by Crippen LogP contribution is -2.06. The Hall–Kier alpha value is -1.40. The van der Waals surface area contributed by atoms with E-state index in [4.69, 9.17) is 23.2 Å². The maximum absolute atomic E-state index is 12.5. The molecule has 8 heteroatoms. The third kappa shape index (κ3) is 2.39. The number of fused-ring (bicyclic) bond motifs is 1. The van der Waals surface area contributed by atoms with E-state index in [1.807, 2.05) is 0 Å². The summed E-state index contributed by atoms with van der Waals surface area (Å²) in [5.74, 6) is -0.437. The normalized spacial score (nSPS) is 11.8. The van der Waals surface area contributed by atoms with E-state index >= 15 is 0 Å². The summed E-state index contributed by atoms with van der Waals surface area (Å²) in [6.07, 6.45) is -4.50. The van der Waals surface area contributed by atoms with Gasteiger partial charge in [0, 0.05) is 5.39 Å². The van der Waals surface area contributed by atoms with Gasteiger partial charge in [0.05, 0.1) is 11.1 Å². The molecule has 0 radical (unpaired) electrons. The average molecular weight is 295 g/mol. The second-order valence-electron chi connectivity index (χ2n) is 3.34. The first kappa shape index (κ1) is 13.0. The summed E-state index contributed by atoms with van der Waals surface area (Å²) in [6, 6.07) is 2.79. The van der Waals surface area contributed by atoms with Gasteiger partial charge >= 0.3 is 6.18 Å². The number of hydrogen-bond acceptors (Lipinski definition) is 3. The molecule has 1 aromatic carbocycles. The Kier molecular flexibility index (Phi) is 3.16. The van der Waals surface area contributed by atoms with E-state index in [0.717, 1.165) is 18.2 Å². The number of carbonyl (C=O) groups excluding carboxylic acids is 1. The predicted molar refractivity (Wildman–Crippen MR) is 59.7 cm³/mol. The van der Waals surface area contributed by atoms with Crippen LogP contribution in [0.15, 0.2) is 18.2 Å². The Morgan fingerprint density at radius 3 is 2.44 bits per heavy atom. The maximum atomic E-state index is 12.5. The molecule has 2 aromatic rings. The number of hydrogen-bond donors (Lipinski definition) is 0. The lowest BCUT2D eigenvalue weighted by molar-refractivity contribution is -0.137. The SMILES string of the molecule is O=C(Cl)c1nc(Cl)c2ccc(C(F)(F)F)cc2n1. The summed E-state index contributed by atoms with van der Waals surface area (Å²) in [5.41, 5.74) is -0.980. The highest BCUT2D eigenvalue weighted by atomic mass is 35.5. The van der Waals surface area contributed by atoms with Crippen LogP contribution >= 0.6 is 23.2 Å². The van der Waals surface area contributed by atoms with Gasteiger partial charge in [-0.3, -0.25) is 4.79 Å². The van der Waals surface area contributed by atoms with E-state index in [-0.39, 0.29) is 16.1 Å². The van der Waals surface area contributed by atoms with Crippen molar-refractivity contribution < 1.29 is 18.0 Å². The highest BCUT2D eigenvalue weighted by molar-refractivity contribution is 6.67. The number of alkyl halides is 3. The third-order valence-corrected chi connectivity index (χ3v) is 2.61. The van der Waals surface area contributed by atoms with E-state index in [0.29, 0.717) is 0 Å². The molecule has 1 aromatic heterocycles. The van der Waals surface area contributed by atoms with Crippen molar-refractivity contribution in [2.24, 2.45) is 0 Å². The van der Waals surface area contributed by atoms with E-state index < -0.39 is 22.8 Å². The van der Waals surface area contributed by atoms with Gasteiger partial charge in [-0.2, -0.15) is 13.2 Å². The molecule has 0 bridgehead atoms. The molecular formula is C10H3Cl2F3N2O. The topological polar surface area (TPSA) is 42.9 Å². The smallest absolute Gasteiger partial charge is 0.272 e. The van der Waals surface area contributed by atoms with Crippen LogP contribution in [0.5, 0.6) is 0 Å². The van der Waals surface area contributed by atoms with Gasteiger partial charge in [-0.1, -0.05) is 11.6 Å². The molecule has 0 saturated carbocycles. The quantitative estimate of drug-likeness (QED) is 0.595. The fourth-order valence-corrected chi connectivity index (χ4v) is 1.68. The Bertz CT molecular complexity index is 643. The minimum Gasteiger partial charge on any atom is -0.272 e. The molecule has 0 aliphatic heterocycles. The van der Waals surface area contributed by atoms with Gasteiger partial charge in [0.25, 0.3) is 5.24 Å². The van der Waals surface area contributed by atoms with Crippen LogP contribution in [0.3, 0.4) is 0 Å². The first-order valence-corrected chi connectivity index (χ1v) is 5.29. The van der Waals surface area contributed by atoms with Crippen molar-refractivity contribution in [1.82, 2.24) is 9.97 Å². The number of rotatable bonds is 1. The molecule has 0 aliphatic rings. The number of halogens is 5. The third-order valence-electron chi connectivity index (χ3n) is 2.15. The van der Waals surface area contributed by atoms with Crippen LogP contribution in [0.25, 0.3) is 10.9 Å². The monoisotopic (exact) mass is 294 g/mol. The highest BCUT2D eigenvalue weighted by Crippen LogP contribution is 2.32. The van der Waals surface area contributed by atoms with Crippen molar-refractivity contribution in [1.29, 1.82) is 0 Å². The van der Waals surface area contributed by atoms with Crippen LogP contribution in [0.1, 0.15) is 16.2 Å². The van der Waals surface area contributed by atoms with Gasteiger partial charge < -0.3 is 0 Å². The molecule has 1 heterocycles. The van der Waals surface area contributed by atoms with Crippen molar-refractivity contribution in [2.45, 2.75) is 6.18 Å². The van der Waals surface area contributed by atoms with Crippen LogP contribution in [-0.2, 0) is 6.18 Å². The molecular weight excluding hydrogens is 292 g/mol. The lowest BCUT2D eigenvalue weighted by atomic mass is 10.1. The molecule has 0 fully saturated rings. The van der Waals surface area contributed by atoms with Crippen molar-refractivity contribution in [2.75, 3.05) is 0 Å². The molecule has 0 N–H and O–H groups in total. The number of carbonyl (C=O) groups is 1. The summed E-state index contributed by atoms with van der Waals surface area (Å²) < 4.78 is 37.5. The molecule has 18 heavy (non-hydrogen) atoms. The largest absolute Gasteiger partial charge is 0.416 e. The zero-order valence-electron chi connectivity index (χ0n) is 8.42. The van der Waals surface area contributed by atoms with Crippen LogP contribution < -0.4 is 0 Å². The Balaban J connectivity index is 2.72. The average Bonchev–Trinajstić information content (AvgIpc) is 2.26. The zero-order chi connectivity index (χ0) is 13.5. The van der Waals surface area contributed by atoms with Crippen molar-refractivity contribution in [3.05, 3.63) is 34.7 Å². The van der Waals surface area contributed by atoms with Gasteiger partial charge in [0.2, 0.25) is 5.82 Å². The van der Waals surface area contributed by atoms with Crippen LogP contribution in [-0.4, -0.2) is 15.2 Å². The van der Waals surface area contributed by atoms with Crippen LogP contribution in [0.2, 0.25) is 5.15 Å². The summed E-state index contributed by atoms with van der Waals surface area (Å²) in [7, 11) is 0. The van der Waals surface area contributed by atoms with Gasteiger partial charge in [-0.15, -0.1) is 0 Å². The molecule has 0 amide bonds. The first-order chi connectivity index (χ1) is 8.29. The Morgan fingerprint density at radius 1 is 1.22 bits per heavy atom. The first-order valence-electron chi connectivity index (χ1n) is 4.53. The van der Waals surface area contributed by atoms with Gasteiger partial charge in [-0.05, 0) is 29.8 Å². The predicted octanol–water partition coefficient (Wildman–Crippen LogP) is 3.68. The minimum atomic E-state index is -4.50. The molecule has 0 saturated heterocycles. The van der Waals surface area contributed by atoms with Gasteiger partial charge in [0.1, 0.15) is 5.15 Å². The summed E-state index contributed by atoms with van der Waals surface area (Å²) in [5, 5.41) is -0.903. The summed E-state index contributed by atoms with van der Waals surface area (Å²) >= 11 is 10.9. The fraction of sp³-hybridized carbons (Fsp3) is 0.100. The molecule has 3 nitrogen and oxygen atoms in total. The van der Waals surface area contributed by atoms with Crippen LogP contribution in [0, 0.1) is 0 Å². The molecule has 0 unspecified atom stereocenters. The number of aromatic nitrogens is 2. The fourth-order valence-electron chi connectivity index (χ4n) is 1.36. The standard InChI is InChI=1S/C10H3Cl2F3N2O/c11-7-5-2-1-4(10(13,14)15)3-6(5)16-9(17-7)8(12)18/h1-3H. The second kappa shape index (κ2) is 4.37. The molecule has 0 spiro atoms. The van der Waals surface area contributed by atoms with Crippen molar-refractivity contribution in [3.63, 3.8) is 0 Å². The summed E-state index contributed by atoms with van der Waals surface area (Å²) in [6.45, 7) is 0. The lowest BCUT2D eigenvalue weighted by Gasteiger charge is -2.08. The maximum Gasteiger partial charge on any atom is 0.416 e. The Labute approximate surface area is 109 Å². The second-order valence-corrected chi connectivity index (χ2v) is 4.04. The van der Waals surface area contributed by atoms with E-state index in [9.17, 15) is 18.0 Å². The summed E-state index contributed by atoms with van der Waals surface area (Å²) in [4.78, 5) is 18.1. The van der Waals surface area contributed by atoms with E-state index in [2.05, 4.69) is 9.97 Å². The molecule has 0 atom stereocenters. The highest BCUT2D eigenvalue weighted by Gasteiger charge is 2.30. The van der Waals surface area contributed by atoms with Crippen molar-refractivity contribution >= 4 is 39.3 Å². The molecule has 94 valence electrons. The van der Waals surface area contributed by atoms with E-state index in [1.165, 1.54) is 0 Å². The molecule has 0 aliphatic carbocycles. The number of nitrogens with zero attached hydrogens (tertiary/aromatic N) is 2. The number of benzene rings is 1. The molecule has 2 rings (SSSR count). The van der Waals surface area contributed by atoms with E-state index in [1.54, 1.807) is 0 Å². The van der Waals surface area contributed by atoms with Gasteiger partial charge in [-0.25, -0.2) is 9.97 Å².